The summed E-state index contributed by atoms with van der Waals surface area (Å²) in [6, 6.07) is 14.2. The Bertz CT molecular complexity index is 1060. The number of carbonyl (C=O) groups is 2. The molecule has 2 aromatic rings. The Morgan fingerprint density at radius 3 is 2.26 bits per heavy atom. The maximum Gasteiger partial charge on any atom is 0.318 e. The third-order valence-corrected chi connectivity index (χ3v) is 9.07. The monoisotopic (exact) mass is 474 g/mol. The van der Waals surface area contributed by atoms with E-state index >= 15 is 0 Å². The SMILES string of the molecule is CC(C)N(CC(=O)N1CCn2cccc2C1c1ccccc1)C(=O)NC12CC3CC(CC(C3)C1)C2. The lowest BCUT2D eigenvalue weighted by Gasteiger charge is -2.57. The van der Waals surface area contributed by atoms with Gasteiger partial charge in [0.15, 0.2) is 0 Å². The van der Waals surface area contributed by atoms with Gasteiger partial charge in [0.1, 0.15) is 6.54 Å². The van der Waals surface area contributed by atoms with E-state index in [0.717, 1.165) is 54.8 Å². The fourth-order valence-corrected chi connectivity index (χ4v) is 7.93. The molecular formula is C29H38N4O2. The van der Waals surface area contributed by atoms with Crippen LogP contribution in [0.4, 0.5) is 4.79 Å². The minimum absolute atomic E-state index is 0.0145. The van der Waals surface area contributed by atoms with Gasteiger partial charge in [0.25, 0.3) is 0 Å². The molecule has 4 saturated carbocycles. The maximum absolute atomic E-state index is 13.8. The highest BCUT2D eigenvalue weighted by molar-refractivity contribution is 5.85. The minimum atomic E-state index is -0.132. The summed E-state index contributed by atoms with van der Waals surface area (Å²) in [7, 11) is 0. The van der Waals surface area contributed by atoms with Crippen molar-refractivity contribution in [1.82, 2.24) is 19.7 Å². The van der Waals surface area contributed by atoms with Crippen LogP contribution in [0.5, 0.6) is 0 Å². The lowest BCUT2D eigenvalue weighted by Crippen LogP contribution is -2.63. The fourth-order valence-electron chi connectivity index (χ4n) is 7.93. The second-order valence-corrected chi connectivity index (χ2v) is 11.9. The molecule has 6 nitrogen and oxygen atoms in total. The zero-order valence-corrected chi connectivity index (χ0v) is 21.0. The summed E-state index contributed by atoms with van der Waals surface area (Å²) in [5.41, 5.74) is 2.18. The van der Waals surface area contributed by atoms with E-state index in [-0.39, 0.29) is 36.1 Å². The first-order valence-corrected chi connectivity index (χ1v) is 13.5. The quantitative estimate of drug-likeness (QED) is 0.676. The molecule has 1 N–H and O–H groups in total. The largest absolute Gasteiger partial charge is 0.348 e. The first-order chi connectivity index (χ1) is 16.9. The molecule has 186 valence electrons. The molecule has 1 atom stereocenters. The van der Waals surface area contributed by atoms with Crippen molar-refractivity contribution in [2.45, 2.75) is 76.5 Å². The molecule has 1 unspecified atom stereocenters. The van der Waals surface area contributed by atoms with Crippen molar-refractivity contribution in [3.8, 4) is 0 Å². The summed E-state index contributed by atoms with van der Waals surface area (Å²) in [5, 5.41) is 3.48. The summed E-state index contributed by atoms with van der Waals surface area (Å²) < 4.78 is 2.24. The average Bonchev–Trinajstić information content (AvgIpc) is 3.29. The zero-order valence-electron chi connectivity index (χ0n) is 21.0. The molecule has 4 bridgehead atoms. The second-order valence-electron chi connectivity index (χ2n) is 11.9. The molecule has 35 heavy (non-hydrogen) atoms. The number of hydrogen-bond acceptors (Lipinski definition) is 2. The molecular weight excluding hydrogens is 436 g/mol. The third-order valence-electron chi connectivity index (χ3n) is 9.07. The summed E-state index contributed by atoms with van der Waals surface area (Å²) in [6.07, 6.45) is 9.47. The lowest BCUT2D eigenvalue weighted by molar-refractivity contribution is -0.135. The van der Waals surface area contributed by atoms with E-state index in [1.54, 1.807) is 4.90 Å². The van der Waals surface area contributed by atoms with Crippen LogP contribution in [-0.4, -0.2) is 51.0 Å². The van der Waals surface area contributed by atoms with Gasteiger partial charge in [-0.05, 0) is 87.8 Å². The van der Waals surface area contributed by atoms with Crippen molar-refractivity contribution in [2.75, 3.05) is 13.1 Å². The fraction of sp³-hybridized carbons (Fsp3) is 0.586. The van der Waals surface area contributed by atoms with Gasteiger partial charge in [0, 0.05) is 36.6 Å². The molecule has 1 aromatic heterocycles. The predicted octanol–water partition coefficient (Wildman–Crippen LogP) is 4.81. The van der Waals surface area contributed by atoms with Crippen LogP contribution in [-0.2, 0) is 11.3 Å². The van der Waals surface area contributed by atoms with Crippen molar-refractivity contribution in [2.24, 2.45) is 17.8 Å². The Labute approximate surface area is 208 Å². The molecule has 4 aliphatic carbocycles. The van der Waals surface area contributed by atoms with Crippen molar-refractivity contribution in [3.63, 3.8) is 0 Å². The molecule has 2 heterocycles. The van der Waals surface area contributed by atoms with Gasteiger partial charge in [-0.25, -0.2) is 4.79 Å². The molecule has 0 spiro atoms. The van der Waals surface area contributed by atoms with Gasteiger partial charge < -0.3 is 19.7 Å². The topological polar surface area (TPSA) is 57.6 Å². The molecule has 0 radical (unpaired) electrons. The van der Waals surface area contributed by atoms with Gasteiger partial charge in [0.2, 0.25) is 5.91 Å². The number of rotatable bonds is 5. The Morgan fingerprint density at radius 1 is 0.971 bits per heavy atom. The van der Waals surface area contributed by atoms with E-state index in [2.05, 4.69) is 40.3 Å². The Hall–Kier alpha value is -2.76. The van der Waals surface area contributed by atoms with Gasteiger partial charge in [-0.1, -0.05) is 30.3 Å². The van der Waals surface area contributed by atoms with E-state index in [0.29, 0.717) is 6.54 Å². The van der Waals surface area contributed by atoms with Crippen molar-refractivity contribution in [1.29, 1.82) is 0 Å². The number of hydrogen-bond donors (Lipinski definition) is 1. The van der Waals surface area contributed by atoms with Crippen molar-refractivity contribution < 1.29 is 9.59 Å². The maximum atomic E-state index is 13.8. The molecule has 4 fully saturated rings. The number of urea groups is 1. The van der Waals surface area contributed by atoms with Crippen LogP contribution in [0.3, 0.4) is 0 Å². The highest BCUT2D eigenvalue weighted by Crippen LogP contribution is 2.55. The summed E-state index contributed by atoms with van der Waals surface area (Å²) >= 11 is 0. The molecule has 3 amide bonds. The Kier molecular flexibility index (Phi) is 5.65. The summed E-state index contributed by atoms with van der Waals surface area (Å²) in [6.45, 7) is 5.56. The number of carbonyl (C=O) groups excluding carboxylic acids is 2. The zero-order chi connectivity index (χ0) is 24.2. The van der Waals surface area contributed by atoms with Gasteiger partial charge in [-0.15, -0.1) is 0 Å². The minimum Gasteiger partial charge on any atom is -0.348 e. The standard InChI is InChI=1S/C29H38N4O2/c1-20(2)33(28(35)30-29-16-21-13-22(17-29)15-23(14-21)18-29)19-26(34)32-12-11-31-10-6-9-25(31)27(32)24-7-4-3-5-8-24/h3-10,20-23,27H,11-19H2,1-2H3,(H,30,35). The Morgan fingerprint density at radius 2 is 1.63 bits per heavy atom. The first-order valence-electron chi connectivity index (χ1n) is 13.5. The summed E-state index contributed by atoms with van der Waals surface area (Å²) in [5.74, 6) is 2.33. The summed E-state index contributed by atoms with van der Waals surface area (Å²) in [4.78, 5) is 31.2. The number of benzene rings is 1. The van der Waals surface area contributed by atoms with Crippen LogP contribution < -0.4 is 5.32 Å². The smallest absolute Gasteiger partial charge is 0.318 e. The average molecular weight is 475 g/mol. The van der Waals surface area contributed by atoms with Crippen LogP contribution in [0.1, 0.15) is 69.7 Å². The van der Waals surface area contributed by atoms with Crippen LogP contribution in [0.15, 0.2) is 48.7 Å². The second kappa shape index (κ2) is 8.72. The first kappa shape index (κ1) is 22.7. The third kappa shape index (κ3) is 4.15. The number of nitrogens with one attached hydrogen (secondary N) is 1. The van der Waals surface area contributed by atoms with Crippen molar-refractivity contribution >= 4 is 11.9 Å². The van der Waals surface area contributed by atoms with Crippen LogP contribution in [0.25, 0.3) is 0 Å². The highest BCUT2D eigenvalue weighted by Gasteiger charge is 2.52. The van der Waals surface area contributed by atoms with E-state index in [4.69, 9.17) is 0 Å². The van der Waals surface area contributed by atoms with E-state index in [1.165, 1.54) is 19.3 Å². The number of nitrogens with zero attached hydrogens (tertiary/aromatic N) is 3. The molecule has 1 aromatic carbocycles. The lowest BCUT2D eigenvalue weighted by atomic mass is 9.53. The highest BCUT2D eigenvalue weighted by atomic mass is 16.2. The van der Waals surface area contributed by atoms with Crippen LogP contribution >= 0.6 is 0 Å². The number of fused-ring (bicyclic) bond motifs is 1. The van der Waals surface area contributed by atoms with Gasteiger partial charge in [-0.2, -0.15) is 0 Å². The molecule has 7 rings (SSSR count). The van der Waals surface area contributed by atoms with Gasteiger partial charge >= 0.3 is 6.03 Å². The normalized spacial score (nSPS) is 30.9. The molecule has 6 heteroatoms. The number of amides is 3. The van der Waals surface area contributed by atoms with E-state index < -0.39 is 0 Å². The van der Waals surface area contributed by atoms with Crippen molar-refractivity contribution in [3.05, 3.63) is 59.9 Å². The predicted molar refractivity (Wildman–Crippen MR) is 136 cm³/mol. The van der Waals surface area contributed by atoms with Gasteiger partial charge in [-0.3, -0.25) is 4.79 Å². The molecule has 1 aliphatic heterocycles. The van der Waals surface area contributed by atoms with E-state index in [9.17, 15) is 9.59 Å². The van der Waals surface area contributed by atoms with E-state index in [1.807, 2.05) is 36.9 Å². The van der Waals surface area contributed by atoms with Gasteiger partial charge in [0.05, 0.1) is 6.04 Å². The number of aromatic nitrogens is 1. The molecule has 5 aliphatic rings. The molecule has 0 saturated heterocycles. The van der Waals surface area contributed by atoms with Crippen LogP contribution in [0.2, 0.25) is 0 Å². The Balaban J connectivity index is 1.20. The van der Waals surface area contributed by atoms with Crippen LogP contribution in [0, 0.1) is 17.8 Å².